The third-order valence-electron chi connectivity index (χ3n) is 0.592. The molecule has 0 atom stereocenters. The predicted molar refractivity (Wildman–Crippen MR) is 33.0 cm³/mol. The molecule has 1 rings (SSSR count). The Hall–Kier alpha value is -0.440. The highest BCUT2D eigenvalue weighted by atomic mass is 32.1. The fourth-order valence-electron chi connectivity index (χ4n) is 0.317. The molecule has 1 heterocycles. The van der Waals surface area contributed by atoms with Crippen molar-refractivity contribution < 1.29 is 0 Å². The molecule has 0 fully saturated rings. The van der Waals surface area contributed by atoms with E-state index in [1.165, 1.54) is 0 Å². The van der Waals surface area contributed by atoms with Crippen molar-refractivity contribution in [1.82, 2.24) is 5.32 Å². The quantitative estimate of drug-likeness (QED) is 0.440. The molecule has 0 saturated carbocycles. The van der Waals surface area contributed by atoms with Gasteiger partial charge in [0.1, 0.15) is 0 Å². The summed E-state index contributed by atoms with van der Waals surface area (Å²) in [5.41, 5.74) is 0.641. The average Bonchev–Trinajstić information content (AvgIpc) is 1.69. The molecular weight excluding hydrogens is 108 g/mol. The topological polar surface area (TPSA) is 24.4 Å². The first-order chi connectivity index (χ1) is 3.39. The van der Waals surface area contributed by atoms with E-state index in [-0.39, 0.29) is 0 Å². The summed E-state index contributed by atoms with van der Waals surface area (Å²) in [7, 11) is 0. The van der Waals surface area contributed by atoms with Gasteiger partial charge in [-0.05, 0) is 6.08 Å². The lowest BCUT2D eigenvalue weighted by molar-refractivity contribution is 0.977. The van der Waals surface area contributed by atoms with Gasteiger partial charge in [-0.15, -0.1) is 12.6 Å². The van der Waals surface area contributed by atoms with Crippen LogP contribution in [0.5, 0.6) is 0 Å². The Morgan fingerprint density at radius 1 is 1.71 bits per heavy atom. The smallest absolute Gasteiger partial charge is 0.228 e. The second kappa shape index (κ2) is 2.02. The molecule has 1 radical (unpaired) electrons. The van der Waals surface area contributed by atoms with Crippen molar-refractivity contribution in [2.45, 2.75) is 0 Å². The number of nitrogens with zero attached hydrogens (tertiary/aromatic N) is 1. The standard InChI is InChI=1S/C4H5N2S/c7-4-5-2-1-3-6-4/h1-3,5,7H. The number of hydrogen-bond acceptors (Lipinski definition) is 3. The van der Waals surface area contributed by atoms with Crippen LogP contribution in [0.15, 0.2) is 17.3 Å². The van der Waals surface area contributed by atoms with Crippen LogP contribution >= 0.6 is 12.6 Å². The Labute approximate surface area is 47.7 Å². The van der Waals surface area contributed by atoms with Crippen LogP contribution < -0.4 is 5.32 Å². The first-order valence-corrected chi connectivity index (χ1v) is 2.36. The van der Waals surface area contributed by atoms with E-state index in [4.69, 9.17) is 0 Å². The van der Waals surface area contributed by atoms with Crippen molar-refractivity contribution in [1.29, 1.82) is 0 Å². The summed E-state index contributed by atoms with van der Waals surface area (Å²) in [5.74, 6) is 0. The summed E-state index contributed by atoms with van der Waals surface area (Å²) in [6.07, 6.45) is 5.26. The Morgan fingerprint density at radius 2 is 2.57 bits per heavy atom. The molecule has 37 valence electrons. The molecule has 0 aromatic rings. The molecule has 0 aromatic heterocycles. The van der Waals surface area contributed by atoms with Crippen molar-refractivity contribution in [3.8, 4) is 0 Å². The van der Waals surface area contributed by atoms with Gasteiger partial charge in [0.15, 0.2) is 0 Å². The van der Waals surface area contributed by atoms with Crippen molar-refractivity contribution >= 4 is 18.8 Å². The number of rotatable bonds is 0. The van der Waals surface area contributed by atoms with E-state index in [1.54, 1.807) is 18.5 Å². The second-order valence-corrected chi connectivity index (χ2v) is 1.53. The van der Waals surface area contributed by atoms with Gasteiger partial charge in [-0.3, -0.25) is 0 Å². The molecule has 7 heavy (non-hydrogen) atoms. The molecule has 2 nitrogen and oxygen atoms in total. The molecule has 3 heteroatoms. The van der Waals surface area contributed by atoms with Gasteiger partial charge < -0.3 is 5.32 Å². The van der Waals surface area contributed by atoms with E-state index in [2.05, 4.69) is 22.9 Å². The molecule has 1 aliphatic rings. The summed E-state index contributed by atoms with van der Waals surface area (Å²) in [6.45, 7) is 0. The summed E-state index contributed by atoms with van der Waals surface area (Å²) in [4.78, 5) is 3.79. The van der Waals surface area contributed by atoms with Gasteiger partial charge in [-0.2, -0.15) is 0 Å². The van der Waals surface area contributed by atoms with Crippen molar-refractivity contribution in [3.05, 3.63) is 17.8 Å². The van der Waals surface area contributed by atoms with E-state index in [0.29, 0.717) is 5.50 Å². The van der Waals surface area contributed by atoms with E-state index >= 15 is 0 Å². The Bertz CT molecular complexity index is 108. The van der Waals surface area contributed by atoms with Gasteiger partial charge in [0.2, 0.25) is 5.50 Å². The molecule has 1 aliphatic heterocycles. The lowest BCUT2D eigenvalue weighted by atomic mass is 10.6. The van der Waals surface area contributed by atoms with Crippen LogP contribution in [0.4, 0.5) is 0 Å². The minimum Gasteiger partial charge on any atom is -0.355 e. The third-order valence-corrected chi connectivity index (χ3v) is 0.836. The highest BCUT2D eigenvalue weighted by molar-refractivity contribution is 7.83. The number of hydrogen-bond donors (Lipinski definition) is 2. The van der Waals surface area contributed by atoms with Crippen molar-refractivity contribution in [3.63, 3.8) is 0 Å². The average molecular weight is 113 g/mol. The first kappa shape index (κ1) is 4.71. The first-order valence-electron chi connectivity index (χ1n) is 1.91. The molecule has 0 aromatic carbocycles. The van der Waals surface area contributed by atoms with Gasteiger partial charge in [-0.1, -0.05) is 0 Å². The molecule has 0 saturated heterocycles. The van der Waals surface area contributed by atoms with Crippen LogP contribution in [0.1, 0.15) is 0 Å². The lowest BCUT2D eigenvalue weighted by Gasteiger charge is -2.03. The van der Waals surface area contributed by atoms with Gasteiger partial charge in [-0.25, -0.2) is 4.99 Å². The van der Waals surface area contributed by atoms with Crippen molar-refractivity contribution in [2.75, 3.05) is 0 Å². The minimum absolute atomic E-state index is 0.641. The second-order valence-electron chi connectivity index (χ2n) is 1.11. The van der Waals surface area contributed by atoms with Crippen LogP contribution in [0.25, 0.3) is 0 Å². The van der Waals surface area contributed by atoms with Gasteiger partial charge in [0.25, 0.3) is 0 Å². The maximum absolute atomic E-state index is 3.92. The SMILES string of the molecule is S[C]1N=CC=CN1. The lowest BCUT2D eigenvalue weighted by Crippen LogP contribution is -2.08. The van der Waals surface area contributed by atoms with Crippen LogP contribution in [-0.4, -0.2) is 6.21 Å². The normalized spacial score (nSPS) is 19.6. The van der Waals surface area contributed by atoms with Crippen LogP contribution in [0, 0.1) is 5.50 Å². The number of thiol groups is 1. The van der Waals surface area contributed by atoms with E-state index < -0.39 is 0 Å². The molecular formula is C4H5N2S. The van der Waals surface area contributed by atoms with E-state index in [9.17, 15) is 0 Å². The Balaban J connectivity index is 2.49. The van der Waals surface area contributed by atoms with E-state index in [1.807, 2.05) is 0 Å². The summed E-state index contributed by atoms with van der Waals surface area (Å²) >= 11 is 3.92. The van der Waals surface area contributed by atoms with E-state index in [0.717, 1.165) is 0 Å². The monoisotopic (exact) mass is 113 g/mol. The van der Waals surface area contributed by atoms with Gasteiger partial charge in [0.05, 0.1) is 0 Å². The van der Waals surface area contributed by atoms with Crippen LogP contribution in [0.3, 0.4) is 0 Å². The number of nitrogens with one attached hydrogen (secondary N) is 1. The maximum Gasteiger partial charge on any atom is 0.228 e. The zero-order valence-corrected chi connectivity index (χ0v) is 4.52. The zero-order chi connectivity index (χ0) is 5.11. The minimum atomic E-state index is 0.641. The maximum atomic E-state index is 3.92. The summed E-state index contributed by atoms with van der Waals surface area (Å²) in [6, 6.07) is 0. The fourth-order valence-corrected chi connectivity index (χ4v) is 0.458. The molecule has 1 N–H and O–H groups in total. The molecule has 0 amide bonds. The molecule has 0 unspecified atom stereocenters. The zero-order valence-electron chi connectivity index (χ0n) is 3.63. The molecule has 0 spiro atoms. The summed E-state index contributed by atoms with van der Waals surface area (Å²) < 4.78 is 0. The Kier molecular flexibility index (Phi) is 1.36. The molecule has 0 bridgehead atoms. The van der Waals surface area contributed by atoms with Crippen LogP contribution in [0.2, 0.25) is 0 Å². The van der Waals surface area contributed by atoms with Gasteiger partial charge in [0, 0.05) is 12.4 Å². The van der Waals surface area contributed by atoms with Gasteiger partial charge >= 0.3 is 0 Å². The largest absolute Gasteiger partial charge is 0.355 e. The van der Waals surface area contributed by atoms with Crippen molar-refractivity contribution in [2.24, 2.45) is 4.99 Å². The highest BCUT2D eigenvalue weighted by Crippen LogP contribution is 2.02. The van der Waals surface area contributed by atoms with Crippen LogP contribution in [-0.2, 0) is 0 Å². The fraction of sp³-hybridized carbons (Fsp3) is 0. The highest BCUT2D eigenvalue weighted by Gasteiger charge is 1.94. The Morgan fingerprint density at radius 3 is 2.86 bits per heavy atom. The predicted octanol–water partition coefficient (Wildman–Crippen LogP) is 0.551. The molecule has 0 aliphatic carbocycles. The number of allylic oxidation sites excluding steroid dienone is 1. The summed E-state index contributed by atoms with van der Waals surface area (Å²) in [5, 5.41) is 2.78. The number of aliphatic imine (C=N–C) groups is 1. The third kappa shape index (κ3) is 1.23.